The Bertz CT molecular complexity index is 1360. The number of hydrogen-bond acceptors (Lipinski definition) is 5. The number of fused-ring (bicyclic) bond motifs is 3. The second kappa shape index (κ2) is 8.20. The predicted molar refractivity (Wildman–Crippen MR) is 131 cm³/mol. The smallest absolute Gasteiger partial charge is 0.264 e. The van der Waals surface area contributed by atoms with Crippen LogP contribution in [0.25, 0.3) is 10.2 Å². The van der Waals surface area contributed by atoms with Gasteiger partial charge in [0.2, 0.25) is 5.95 Å². The van der Waals surface area contributed by atoms with E-state index in [0.29, 0.717) is 12.5 Å². The quantitative estimate of drug-likeness (QED) is 0.437. The van der Waals surface area contributed by atoms with Gasteiger partial charge in [0.15, 0.2) is 0 Å². The molecular formula is C25H29N5OS. The lowest BCUT2D eigenvalue weighted by atomic mass is 9.97. The van der Waals surface area contributed by atoms with Gasteiger partial charge in [0.05, 0.1) is 17.6 Å². The molecule has 1 N–H and O–H groups in total. The minimum atomic E-state index is 0.0129. The van der Waals surface area contributed by atoms with E-state index in [4.69, 9.17) is 4.98 Å². The summed E-state index contributed by atoms with van der Waals surface area (Å²) in [5.74, 6) is 0.611. The third kappa shape index (κ3) is 3.75. The minimum Gasteiger partial charge on any atom is -0.325 e. The summed E-state index contributed by atoms with van der Waals surface area (Å²) in [6.45, 7) is 8.87. The summed E-state index contributed by atoms with van der Waals surface area (Å²) in [7, 11) is 0. The second-order valence-electron chi connectivity index (χ2n) is 9.01. The average Bonchev–Trinajstić information content (AvgIpc) is 3.26. The molecule has 0 radical (unpaired) electrons. The van der Waals surface area contributed by atoms with Crippen molar-refractivity contribution in [2.45, 2.75) is 66.0 Å². The lowest BCUT2D eigenvalue weighted by Gasteiger charge is -2.18. The molecule has 0 saturated heterocycles. The maximum atomic E-state index is 13.5. The van der Waals surface area contributed by atoms with Crippen molar-refractivity contribution in [3.8, 4) is 0 Å². The first-order valence-corrected chi connectivity index (χ1v) is 12.2. The lowest BCUT2D eigenvalue weighted by Crippen LogP contribution is -2.26. The number of aromatic nitrogens is 4. The Labute approximate surface area is 191 Å². The highest BCUT2D eigenvalue weighted by Crippen LogP contribution is 2.35. The molecule has 0 spiro atoms. The number of thiophene rings is 1. The van der Waals surface area contributed by atoms with Crippen LogP contribution in [0, 0.1) is 13.8 Å². The Balaban J connectivity index is 1.53. The molecule has 1 aliphatic rings. The van der Waals surface area contributed by atoms with Crippen LogP contribution >= 0.6 is 11.3 Å². The van der Waals surface area contributed by atoms with Crippen molar-refractivity contribution in [1.82, 2.24) is 19.3 Å². The van der Waals surface area contributed by atoms with Gasteiger partial charge < -0.3 is 5.32 Å². The number of rotatable bonds is 5. The first-order chi connectivity index (χ1) is 15.4. The van der Waals surface area contributed by atoms with E-state index < -0.39 is 0 Å². The Morgan fingerprint density at radius 1 is 1.16 bits per heavy atom. The van der Waals surface area contributed by atoms with Gasteiger partial charge >= 0.3 is 0 Å². The van der Waals surface area contributed by atoms with Crippen molar-refractivity contribution in [2.75, 3.05) is 5.32 Å². The highest BCUT2D eigenvalue weighted by atomic mass is 32.1. The van der Waals surface area contributed by atoms with E-state index in [1.54, 1.807) is 15.9 Å². The van der Waals surface area contributed by atoms with Crippen LogP contribution in [-0.4, -0.2) is 19.3 Å². The highest BCUT2D eigenvalue weighted by molar-refractivity contribution is 7.18. The van der Waals surface area contributed by atoms with Gasteiger partial charge in [-0.3, -0.25) is 14.0 Å². The van der Waals surface area contributed by atoms with Gasteiger partial charge in [0.25, 0.3) is 5.56 Å². The molecule has 0 unspecified atom stereocenters. The standard InChI is InChI=1S/C25H29N5OS/c1-15(2)30-24(31)22-20-10-5-6-11-21(20)32-23(22)27-25(30)26-19-9-7-8-18(13-19)14-29-17(4)12-16(3)28-29/h7-9,12-13,15H,5-6,10-11,14H2,1-4H3,(H,26,27). The number of hydrogen-bond donors (Lipinski definition) is 1. The number of nitrogens with zero attached hydrogens (tertiary/aromatic N) is 4. The molecule has 0 atom stereocenters. The van der Waals surface area contributed by atoms with Crippen LogP contribution < -0.4 is 10.9 Å². The molecule has 0 amide bonds. The molecule has 5 rings (SSSR count). The molecule has 0 fully saturated rings. The maximum absolute atomic E-state index is 13.5. The van der Waals surface area contributed by atoms with E-state index in [1.807, 2.05) is 37.6 Å². The number of benzene rings is 1. The average molecular weight is 448 g/mol. The van der Waals surface area contributed by atoms with E-state index in [-0.39, 0.29) is 11.6 Å². The van der Waals surface area contributed by atoms with Crippen LogP contribution in [0.4, 0.5) is 11.6 Å². The summed E-state index contributed by atoms with van der Waals surface area (Å²) in [4.78, 5) is 20.7. The Morgan fingerprint density at radius 2 is 1.97 bits per heavy atom. The summed E-state index contributed by atoms with van der Waals surface area (Å²) in [6.07, 6.45) is 4.41. The van der Waals surface area contributed by atoms with Gasteiger partial charge in [-0.2, -0.15) is 5.10 Å². The first kappa shape index (κ1) is 20.9. The first-order valence-electron chi connectivity index (χ1n) is 11.3. The van der Waals surface area contributed by atoms with Crippen LogP contribution in [0.5, 0.6) is 0 Å². The van der Waals surface area contributed by atoms with E-state index in [2.05, 4.69) is 35.5 Å². The topological polar surface area (TPSA) is 64.7 Å². The number of aryl methyl sites for hydroxylation is 4. The molecule has 3 aromatic heterocycles. The fourth-order valence-electron chi connectivity index (χ4n) is 4.67. The molecule has 6 nitrogen and oxygen atoms in total. The van der Waals surface area contributed by atoms with Gasteiger partial charge in [-0.15, -0.1) is 11.3 Å². The largest absolute Gasteiger partial charge is 0.325 e. The van der Waals surface area contributed by atoms with Crippen molar-refractivity contribution in [3.05, 3.63) is 68.1 Å². The molecule has 1 aliphatic carbocycles. The molecule has 4 aromatic rings. The summed E-state index contributed by atoms with van der Waals surface area (Å²) in [5, 5.41) is 8.85. The molecule has 0 saturated carbocycles. The van der Waals surface area contributed by atoms with Crippen molar-refractivity contribution in [2.24, 2.45) is 0 Å². The second-order valence-corrected chi connectivity index (χ2v) is 10.1. The maximum Gasteiger partial charge on any atom is 0.264 e. The predicted octanol–water partition coefficient (Wildman–Crippen LogP) is 5.52. The van der Waals surface area contributed by atoms with Crippen molar-refractivity contribution < 1.29 is 0 Å². The van der Waals surface area contributed by atoms with Crippen LogP contribution in [0.15, 0.2) is 35.1 Å². The Hall–Kier alpha value is -2.93. The summed E-state index contributed by atoms with van der Waals surface area (Å²) < 4.78 is 3.82. The Kier molecular flexibility index (Phi) is 5.37. The molecule has 166 valence electrons. The van der Waals surface area contributed by atoms with Crippen LogP contribution in [-0.2, 0) is 19.4 Å². The zero-order valence-corrected chi connectivity index (χ0v) is 19.9. The molecule has 32 heavy (non-hydrogen) atoms. The van der Waals surface area contributed by atoms with E-state index in [1.165, 1.54) is 16.9 Å². The van der Waals surface area contributed by atoms with Crippen LogP contribution in [0.2, 0.25) is 0 Å². The number of anilines is 2. The molecule has 1 aromatic carbocycles. The van der Waals surface area contributed by atoms with Gasteiger partial charge in [-0.1, -0.05) is 12.1 Å². The van der Waals surface area contributed by atoms with E-state index in [0.717, 1.165) is 52.1 Å². The highest BCUT2D eigenvalue weighted by Gasteiger charge is 2.23. The summed E-state index contributed by atoms with van der Waals surface area (Å²) in [6, 6.07) is 10.4. The number of nitrogens with one attached hydrogen (secondary N) is 1. The zero-order chi connectivity index (χ0) is 22.4. The molecule has 0 aliphatic heterocycles. The van der Waals surface area contributed by atoms with Crippen LogP contribution in [0.3, 0.4) is 0 Å². The zero-order valence-electron chi connectivity index (χ0n) is 19.1. The fraction of sp³-hybridized carbons (Fsp3) is 0.400. The molecular weight excluding hydrogens is 418 g/mol. The Morgan fingerprint density at radius 3 is 2.72 bits per heavy atom. The van der Waals surface area contributed by atoms with Crippen molar-refractivity contribution in [3.63, 3.8) is 0 Å². The van der Waals surface area contributed by atoms with E-state index >= 15 is 0 Å². The van der Waals surface area contributed by atoms with Crippen molar-refractivity contribution in [1.29, 1.82) is 0 Å². The van der Waals surface area contributed by atoms with Gasteiger partial charge in [0.1, 0.15) is 4.83 Å². The van der Waals surface area contributed by atoms with Gasteiger partial charge in [0, 0.05) is 22.3 Å². The minimum absolute atomic E-state index is 0.0129. The SMILES string of the molecule is Cc1cc(C)n(Cc2cccc(Nc3nc4sc5c(c4c(=O)n3C(C)C)CCCC5)c2)n1. The third-order valence-electron chi connectivity index (χ3n) is 6.16. The normalized spacial score (nSPS) is 13.7. The van der Waals surface area contributed by atoms with Gasteiger partial charge in [-0.25, -0.2) is 4.98 Å². The molecule has 3 heterocycles. The summed E-state index contributed by atoms with van der Waals surface area (Å²) >= 11 is 1.69. The van der Waals surface area contributed by atoms with Crippen molar-refractivity contribution >= 4 is 33.2 Å². The molecule has 0 bridgehead atoms. The monoisotopic (exact) mass is 447 g/mol. The fourth-order valence-corrected chi connectivity index (χ4v) is 5.92. The lowest BCUT2D eigenvalue weighted by molar-refractivity contribution is 0.582. The van der Waals surface area contributed by atoms with Crippen LogP contribution in [0.1, 0.15) is 60.1 Å². The third-order valence-corrected chi connectivity index (χ3v) is 7.34. The van der Waals surface area contributed by atoms with Gasteiger partial charge in [-0.05, 0) is 82.7 Å². The van der Waals surface area contributed by atoms with E-state index in [9.17, 15) is 4.79 Å². The summed E-state index contributed by atoms with van der Waals surface area (Å²) in [5.41, 5.74) is 5.54. The molecule has 7 heteroatoms.